The zero-order valence-corrected chi connectivity index (χ0v) is 34.6. The summed E-state index contributed by atoms with van der Waals surface area (Å²) in [6, 6.07) is 18.2. The highest BCUT2D eigenvalue weighted by Gasteiger charge is 2.40. The molecule has 0 aliphatic rings. The Kier molecular flexibility index (Phi) is 16.8. The number of methoxy groups -OCH3 is 1. The van der Waals surface area contributed by atoms with Gasteiger partial charge in [0.25, 0.3) is 0 Å². The molecule has 6 N–H and O–H groups in total. The van der Waals surface area contributed by atoms with Crippen molar-refractivity contribution in [2.24, 2.45) is 10.8 Å². The molecule has 0 bridgehead atoms. The van der Waals surface area contributed by atoms with Gasteiger partial charge in [-0.2, -0.15) is 0 Å². The summed E-state index contributed by atoms with van der Waals surface area (Å²) in [6.45, 7) is 9.61. The van der Waals surface area contributed by atoms with E-state index in [1.807, 2.05) is 60.7 Å². The molecule has 312 valence electrons. The molecule has 0 saturated carbocycles. The molecular weight excluding hydrogens is 757 g/mol. The lowest BCUT2D eigenvalue weighted by Gasteiger charge is -2.38. The van der Waals surface area contributed by atoms with Crippen molar-refractivity contribution in [1.29, 1.82) is 0 Å². The number of carboxylic acid groups (broad SMARTS) is 1. The number of nitrogens with zero attached hydrogens (tertiary/aromatic N) is 2. The number of carbonyl (C=O) groups excluding carboxylic acids is 3. The molecule has 0 radical (unpaired) electrons. The Balaban J connectivity index is 2.13. The summed E-state index contributed by atoms with van der Waals surface area (Å²) in [4.78, 5) is 77.1. The number of likely N-dealkylation sites (N-methyl/N-ethyl adjacent to an activating group) is 1. The van der Waals surface area contributed by atoms with Crippen LogP contribution >= 0.6 is 7.82 Å². The van der Waals surface area contributed by atoms with Crippen LogP contribution in [0.1, 0.15) is 59.1 Å². The van der Waals surface area contributed by atoms with E-state index in [0.29, 0.717) is 0 Å². The molecule has 0 fully saturated rings. The van der Waals surface area contributed by atoms with Crippen LogP contribution in [0.2, 0.25) is 0 Å². The molecule has 16 nitrogen and oxygen atoms in total. The number of carbonyl (C=O) groups is 4. The second-order valence-corrected chi connectivity index (χ2v) is 17.1. The number of amides is 4. The first kappa shape index (κ1) is 46.5. The molecule has 1 aromatic heterocycles. The van der Waals surface area contributed by atoms with E-state index < -0.39 is 79.7 Å². The first-order valence-electron chi connectivity index (χ1n) is 18.4. The highest BCUT2D eigenvalue weighted by atomic mass is 31.2. The van der Waals surface area contributed by atoms with Gasteiger partial charge in [-0.1, -0.05) is 102 Å². The molecule has 5 atom stereocenters. The lowest BCUT2D eigenvalue weighted by Crippen LogP contribution is -2.59. The molecule has 4 amide bonds. The summed E-state index contributed by atoms with van der Waals surface area (Å²) in [5.74, 6) is -1.19. The number of phosphoric acid groups is 1. The summed E-state index contributed by atoms with van der Waals surface area (Å²) in [5, 5.41) is 18.5. The van der Waals surface area contributed by atoms with E-state index >= 15 is 0 Å². The molecule has 0 spiro atoms. The SMILES string of the molecule is COC(=O)NC(C(=O)NC(Cc1ccc(-c2ccccn2)cc1)C[C@H](OCOP(=O)(O)O)[C@H](Cc1ccccc1)NC(=O)[C@@H](N(C)C(=O)O)C(C)(C)C)C(C)(C)C. The van der Waals surface area contributed by atoms with Crippen molar-refractivity contribution in [3.8, 4) is 11.3 Å². The Morgan fingerprint density at radius 2 is 1.42 bits per heavy atom. The normalized spacial score (nSPS) is 14.6. The van der Waals surface area contributed by atoms with Crippen LogP contribution in [-0.2, 0) is 41.0 Å². The van der Waals surface area contributed by atoms with Crippen molar-refractivity contribution in [2.75, 3.05) is 21.0 Å². The summed E-state index contributed by atoms with van der Waals surface area (Å²) < 4.78 is 27.3. The maximum atomic E-state index is 14.2. The van der Waals surface area contributed by atoms with Gasteiger partial charge in [0.2, 0.25) is 11.8 Å². The lowest BCUT2D eigenvalue weighted by molar-refractivity contribution is -0.133. The topological polar surface area (TPSA) is 226 Å². The first-order chi connectivity index (χ1) is 26.6. The number of aromatic nitrogens is 1. The van der Waals surface area contributed by atoms with E-state index in [1.54, 1.807) is 59.9 Å². The maximum absolute atomic E-state index is 14.2. The highest BCUT2D eigenvalue weighted by Crippen LogP contribution is 2.36. The molecule has 0 aliphatic carbocycles. The summed E-state index contributed by atoms with van der Waals surface area (Å²) >= 11 is 0. The number of ether oxygens (including phenoxy) is 2. The van der Waals surface area contributed by atoms with Gasteiger partial charge in [0.15, 0.2) is 6.79 Å². The third-order valence-electron chi connectivity index (χ3n) is 9.17. The quantitative estimate of drug-likeness (QED) is 0.0725. The third kappa shape index (κ3) is 15.2. The van der Waals surface area contributed by atoms with Crippen molar-refractivity contribution in [1.82, 2.24) is 25.8 Å². The van der Waals surface area contributed by atoms with Crippen molar-refractivity contribution in [2.45, 2.75) is 91.1 Å². The molecule has 0 aliphatic heterocycles. The molecule has 57 heavy (non-hydrogen) atoms. The summed E-state index contributed by atoms with van der Waals surface area (Å²) in [6.07, 6.45) is -1.26. The second kappa shape index (κ2) is 20.5. The highest BCUT2D eigenvalue weighted by molar-refractivity contribution is 7.46. The zero-order chi connectivity index (χ0) is 42.6. The van der Waals surface area contributed by atoms with E-state index in [0.717, 1.165) is 27.3 Å². The van der Waals surface area contributed by atoms with Gasteiger partial charge in [-0.25, -0.2) is 14.2 Å². The molecular formula is C40H56N5O11P. The maximum Gasteiger partial charge on any atom is 0.471 e. The smallest absolute Gasteiger partial charge is 0.465 e. The Morgan fingerprint density at radius 3 is 1.95 bits per heavy atom. The number of nitrogens with one attached hydrogen (secondary N) is 3. The van der Waals surface area contributed by atoms with Crippen LogP contribution in [0.4, 0.5) is 9.59 Å². The van der Waals surface area contributed by atoms with Gasteiger partial charge in [0, 0.05) is 24.8 Å². The van der Waals surface area contributed by atoms with E-state index in [1.165, 1.54) is 14.2 Å². The van der Waals surface area contributed by atoms with Crippen LogP contribution < -0.4 is 16.0 Å². The van der Waals surface area contributed by atoms with Crippen LogP contribution in [0.25, 0.3) is 11.3 Å². The first-order valence-corrected chi connectivity index (χ1v) is 19.9. The molecule has 1 heterocycles. The van der Waals surface area contributed by atoms with E-state index in [9.17, 15) is 38.6 Å². The standard InChI is InChI=1S/C40H56N5O11P/c1-39(2,3)33(44-37(48)54-8)35(46)42-29(22-27-17-19-28(20-18-27)30-16-12-13-21-41-30)24-32(55-25-56-57(51,52)53)31(23-26-14-10-9-11-15-26)43-36(47)34(40(4,5)6)45(7)38(49)50/h9-21,29,31-34H,22-25H2,1-8H3,(H,42,46)(H,43,47)(H,44,48)(H,49,50)(H2,51,52,53)/t29?,31-,32-,33?,34+/m0/s1. The number of rotatable bonds is 18. The second-order valence-electron chi connectivity index (χ2n) is 15.9. The van der Waals surface area contributed by atoms with Gasteiger partial charge in [-0.3, -0.25) is 24.0 Å². The molecule has 17 heteroatoms. The predicted molar refractivity (Wildman–Crippen MR) is 213 cm³/mol. The van der Waals surface area contributed by atoms with Crippen LogP contribution in [0, 0.1) is 10.8 Å². The van der Waals surface area contributed by atoms with Crippen LogP contribution in [0.5, 0.6) is 0 Å². The Morgan fingerprint density at radius 1 is 0.807 bits per heavy atom. The van der Waals surface area contributed by atoms with Crippen LogP contribution in [-0.4, -0.2) is 100.0 Å². The van der Waals surface area contributed by atoms with Gasteiger partial charge in [-0.05, 0) is 53.4 Å². The average Bonchev–Trinajstić information content (AvgIpc) is 3.12. The van der Waals surface area contributed by atoms with Crippen LogP contribution in [0.15, 0.2) is 79.0 Å². The Hall–Kier alpha value is -4.86. The van der Waals surface area contributed by atoms with Crippen molar-refractivity contribution in [3.63, 3.8) is 0 Å². The number of alkyl carbamates (subject to hydrolysis) is 1. The number of hydrogen-bond acceptors (Lipinski definition) is 9. The van der Waals surface area contributed by atoms with Crippen LogP contribution in [0.3, 0.4) is 0 Å². The monoisotopic (exact) mass is 813 g/mol. The Bertz CT molecular complexity index is 1810. The minimum Gasteiger partial charge on any atom is -0.465 e. The molecule has 2 unspecified atom stereocenters. The van der Waals surface area contributed by atoms with E-state index in [4.69, 9.17) is 14.0 Å². The van der Waals surface area contributed by atoms with Gasteiger partial charge < -0.3 is 40.3 Å². The number of pyridine rings is 1. The van der Waals surface area contributed by atoms with Crippen molar-refractivity contribution in [3.05, 3.63) is 90.1 Å². The largest absolute Gasteiger partial charge is 0.471 e. The number of benzene rings is 2. The minimum atomic E-state index is -5.01. The van der Waals surface area contributed by atoms with E-state index in [-0.39, 0.29) is 19.3 Å². The molecule has 0 saturated heterocycles. The van der Waals surface area contributed by atoms with Crippen molar-refractivity contribution < 1.29 is 52.6 Å². The third-order valence-corrected chi connectivity index (χ3v) is 9.61. The molecule has 3 rings (SSSR count). The van der Waals surface area contributed by atoms with Gasteiger partial charge in [0.05, 0.1) is 24.9 Å². The minimum absolute atomic E-state index is 0.0555. The van der Waals surface area contributed by atoms with E-state index in [2.05, 4.69) is 20.9 Å². The summed E-state index contributed by atoms with van der Waals surface area (Å²) in [7, 11) is -2.53. The summed E-state index contributed by atoms with van der Waals surface area (Å²) in [5.41, 5.74) is 1.53. The fourth-order valence-corrected chi connectivity index (χ4v) is 6.64. The Labute approximate surface area is 333 Å². The number of hydrogen-bond donors (Lipinski definition) is 6. The number of phosphoric ester groups is 1. The fraction of sp³-hybridized carbons (Fsp3) is 0.475. The van der Waals surface area contributed by atoms with Gasteiger partial charge in [0.1, 0.15) is 12.1 Å². The molecule has 2 aromatic carbocycles. The van der Waals surface area contributed by atoms with Crippen molar-refractivity contribution >= 4 is 31.8 Å². The fourth-order valence-electron chi connectivity index (χ4n) is 6.44. The lowest BCUT2D eigenvalue weighted by atomic mass is 9.84. The predicted octanol–water partition coefficient (Wildman–Crippen LogP) is 5.14. The zero-order valence-electron chi connectivity index (χ0n) is 33.7. The van der Waals surface area contributed by atoms with Gasteiger partial charge in [-0.15, -0.1) is 0 Å². The average molecular weight is 814 g/mol. The van der Waals surface area contributed by atoms with Gasteiger partial charge >= 0.3 is 20.0 Å². The molecule has 3 aromatic rings.